The van der Waals surface area contributed by atoms with Gasteiger partial charge in [-0.05, 0) is 20.3 Å². The molecule has 0 radical (unpaired) electrons. The van der Waals surface area contributed by atoms with E-state index in [2.05, 4.69) is 25.6 Å². The quantitative estimate of drug-likeness (QED) is 0.721. The molecule has 1 aromatic rings. The summed E-state index contributed by atoms with van der Waals surface area (Å²) in [4.78, 5) is 12.5. The molecule has 1 rings (SSSR count). The van der Waals surface area contributed by atoms with E-state index in [4.69, 9.17) is 9.47 Å². The molecule has 7 nitrogen and oxygen atoms in total. The predicted molar refractivity (Wildman–Crippen MR) is 70.1 cm³/mol. The van der Waals surface area contributed by atoms with Gasteiger partial charge in [-0.3, -0.25) is 0 Å². The smallest absolute Gasteiger partial charge is 0.323 e. The lowest BCUT2D eigenvalue weighted by atomic mass is 10.2. The Morgan fingerprint density at radius 3 is 2.56 bits per heavy atom. The highest BCUT2D eigenvalue weighted by molar-refractivity contribution is 5.35. The number of hydrogen-bond acceptors (Lipinski definition) is 7. The topological polar surface area (TPSA) is 81.2 Å². The summed E-state index contributed by atoms with van der Waals surface area (Å²) < 4.78 is 10.3. The fourth-order valence-corrected chi connectivity index (χ4v) is 1.31. The predicted octanol–water partition coefficient (Wildman–Crippen LogP) is 1.15. The molecule has 0 spiro atoms. The third-order valence-corrected chi connectivity index (χ3v) is 2.24. The monoisotopic (exact) mass is 255 g/mol. The first-order valence-corrected chi connectivity index (χ1v) is 6.01. The summed E-state index contributed by atoms with van der Waals surface area (Å²) in [7, 11) is 3.44. The van der Waals surface area contributed by atoms with Gasteiger partial charge in [0.25, 0.3) is 0 Å². The van der Waals surface area contributed by atoms with Crippen LogP contribution in [0.1, 0.15) is 20.3 Å². The van der Waals surface area contributed by atoms with Crippen LogP contribution >= 0.6 is 0 Å². The second-order valence-corrected chi connectivity index (χ2v) is 3.78. The largest absolute Gasteiger partial charge is 0.464 e. The summed E-state index contributed by atoms with van der Waals surface area (Å²) in [6.07, 6.45) is 0.876. The summed E-state index contributed by atoms with van der Waals surface area (Å²) in [5.41, 5.74) is 0. The van der Waals surface area contributed by atoms with Gasteiger partial charge < -0.3 is 20.1 Å². The van der Waals surface area contributed by atoms with Crippen molar-refractivity contribution < 1.29 is 9.47 Å². The Labute approximate surface area is 107 Å². The van der Waals surface area contributed by atoms with Crippen LogP contribution in [-0.4, -0.2) is 48.4 Å². The lowest BCUT2D eigenvalue weighted by molar-refractivity contribution is 0.191. The van der Waals surface area contributed by atoms with E-state index in [1.807, 2.05) is 13.8 Å². The van der Waals surface area contributed by atoms with Crippen LogP contribution in [0.3, 0.4) is 0 Å². The minimum Gasteiger partial charge on any atom is -0.464 e. The molecule has 0 amide bonds. The number of nitrogens with zero attached hydrogens (tertiary/aromatic N) is 3. The molecule has 18 heavy (non-hydrogen) atoms. The highest BCUT2D eigenvalue weighted by atomic mass is 16.5. The Hall–Kier alpha value is -1.63. The molecule has 0 aromatic carbocycles. The SMILES string of the molecule is CCOc1nc(NC)nc(NC(C)CCOC)n1. The Morgan fingerprint density at radius 1 is 1.22 bits per heavy atom. The van der Waals surface area contributed by atoms with E-state index < -0.39 is 0 Å². The Bertz CT molecular complexity index is 361. The fraction of sp³-hybridized carbons (Fsp3) is 0.727. The zero-order valence-corrected chi connectivity index (χ0v) is 11.4. The van der Waals surface area contributed by atoms with Gasteiger partial charge in [-0.15, -0.1) is 0 Å². The van der Waals surface area contributed by atoms with E-state index in [0.717, 1.165) is 6.42 Å². The van der Waals surface area contributed by atoms with E-state index in [1.165, 1.54) is 0 Å². The minimum absolute atomic E-state index is 0.214. The summed E-state index contributed by atoms with van der Waals surface area (Å²) >= 11 is 0. The lowest BCUT2D eigenvalue weighted by Crippen LogP contribution is -2.20. The Morgan fingerprint density at radius 2 is 1.94 bits per heavy atom. The molecule has 7 heteroatoms. The summed E-state index contributed by atoms with van der Waals surface area (Å²) in [6.45, 7) is 5.14. The van der Waals surface area contributed by atoms with Crippen LogP contribution in [0.4, 0.5) is 11.9 Å². The second-order valence-electron chi connectivity index (χ2n) is 3.78. The zero-order chi connectivity index (χ0) is 13.4. The average molecular weight is 255 g/mol. The molecule has 0 aliphatic heterocycles. The molecule has 1 unspecified atom stereocenters. The van der Waals surface area contributed by atoms with Gasteiger partial charge in [-0.25, -0.2) is 0 Å². The molecular formula is C11H21N5O2. The van der Waals surface area contributed by atoms with Gasteiger partial charge in [-0.2, -0.15) is 15.0 Å². The third-order valence-electron chi connectivity index (χ3n) is 2.24. The van der Waals surface area contributed by atoms with Crippen molar-refractivity contribution in [2.45, 2.75) is 26.3 Å². The van der Waals surface area contributed by atoms with Crippen molar-refractivity contribution in [1.29, 1.82) is 0 Å². The maximum absolute atomic E-state index is 5.28. The van der Waals surface area contributed by atoms with Crippen LogP contribution in [0.5, 0.6) is 6.01 Å². The van der Waals surface area contributed by atoms with Gasteiger partial charge in [0.2, 0.25) is 11.9 Å². The molecular weight excluding hydrogens is 234 g/mol. The number of hydrogen-bond donors (Lipinski definition) is 2. The fourth-order valence-electron chi connectivity index (χ4n) is 1.31. The third kappa shape index (κ3) is 4.70. The van der Waals surface area contributed by atoms with Crippen molar-refractivity contribution in [3.63, 3.8) is 0 Å². The summed E-state index contributed by atoms with van der Waals surface area (Å²) in [5, 5.41) is 6.06. The first-order valence-electron chi connectivity index (χ1n) is 6.01. The maximum Gasteiger partial charge on any atom is 0.323 e. The molecule has 1 aromatic heterocycles. The Balaban J connectivity index is 2.71. The molecule has 0 saturated heterocycles. The Kier molecular flexibility index (Phi) is 6.13. The molecule has 1 atom stereocenters. The van der Waals surface area contributed by atoms with Crippen LogP contribution in [0.25, 0.3) is 0 Å². The highest BCUT2D eigenvalue weighted by Gasteiger charge is 2.09. The molecule has 0 saturated carbocycles. The van der Waals surface area contributed by atoms with Crippen molar-refractivity contribution in [2.75, 3.05) is 38.0 Å². The first kappa shape index (κ1) is 14.4. The van der Waals surface area contributed by atoms with Crippen LogP contribution in [0, 0.1) is 0 Å². The second kappa shape index (κ2) is 7.65. The zero-order valence-electron chi connectivity index (χ0n) is 11.4. The van der Waals surface area contributed by atoms with Gasteiger partial charge in [0.1, 0.15) is 0 Å². The van der Waals surface area contributed by atoms with E-state index in [9.17, 15) is 0 Å². The number of ether oxygens (including phenoxy) is 2. The number of aromatic nitrogens is 3. The molecule has 1 heterocycles. The van der Waals surface area contributed by atoms with Crippen molar-refractivity contribution in [1.82, 2.24) is 15.0 Å². The average Bonchev–Trinajstić information content (AvgIpc) is 2.36. The van der Waals surface area contributed by atoms with Gasteiger partial charge in [0, 0.05) is 26.8 Å². The molecule has 102 valence electrons. The molecule has 0 fully saturated rings. The van der Waals surface area contributed by atoms with Crippen LogP contribution in [0.2, 0.25) is 0 Å². The van der Waals surface area contributed by atoms with Gasteiger partial charge in [0.15, 0.2) is 0 Å². The van der Waals surface area contributed by atoms with Crippen molar-refractivity contribution in [2.24, 2.45) is 0 Å². The van der Waals surface area contributed by atoms with E-state index in [-0.39, 0.29) is 6.04 Å². The number of nitrogens with one attached hydrogen (secondary N) is 2. The lowest BCUT2D eigenvalue weighted by Gasteiger charge is -2.14. The number of anilines is 2. The van der Waals surface area contributed by atoms with E-state index in [0.29, 0.717) is 31.1 Å². The van der Waals surface area contributed by atoms with Gasteiger partial charge in [-0.1, -0.05) is 0 Å². The van der Waals surface area contributed by atoms with Crippen molar-refractivity contribution in [3.05, 3.63) is 0 Å². The maximum atomic E-state index is 5.28. The number of methoxy groups -OCH3 is 1. The van der Waals surface area contributed by atoms with Crippen LogP contribution in [0.15, 0.2) is 0 Å². The van der Waals surface area contributed by atoms with Crippen molar-refractivity contribution >= 4 is 11.9 Å². The molecule has 0 aliphatic carbocycles. The molecule has 0 bridgehead atoms. The van der Waals surface area contributed by atoms with Crippen LogP contribution in [-0.2, 0) is 4.74 Å². The minimum atomic E-state index is 0.214. The van der Waals surface area contributed by atoms with Crippen LogP contribution < -0.4 is 15.4 Å². The first-order chi connectivity index (χ1) is 8.69. The normalized spacial score (nSPS) is 12.0. The van der Waals surface area contributed by atoms with E-state index >= 15 is 0 Å². The van der Waals surface area contributed by atoms with Gasteiger partial charge >= 0.3 is 6.01 Å². The van der Waals surface area contributed by atoms with Crippen molar-refractivity contribution in [3.8, 4) is 6.01 Å². The van der Waals surface area contributed by atoms with Gasteiger partial charge in [0.05, 0.1) is 6.61 Å². The molecule has 2 N–H and O–H groups in total. The summed E-state index contributed by atoms with van der Waals surface area (Å²) in [5.74, 6) is 0.983. The number of rotatable bonds is 8. The highest BCUT2D eigenvalue weighted by Crippen LogP contribution is 2.12. The standard InChI is InChI=1S/C11H21N5O2/c1-5-18-11-15-9(12-3)14-10(16-11)13-8(2)6-7-17-4/h8H,5-7H2,1-4H3,(H2,12,13,14,15,16). The molecule has 0 aliphatic rings. The van der Waals surface area contributed by atoms with E-state index in [1.54, 1.807) is 14.2 Å². The summed E-state index contributed by atoms with van der Waals surface area (Å²) in [6, 6.07) is 0.532.